The molecule has 2 aromatic carbocycles. The van der Waals surface area contributed by atoms with Crippen molar-refractivity contribution in [3.05, 3.63) is 71.8 Å². The Morgan fingerprint density at radius 1 is 1.08 bits per heavy atom. The molecule has 1 heterocycles. The third-order valence-corrected chi connectivity index (χ3v) is 9.15. The van der Waals surface area contributed by atoms with Crippen molar-refractivity contribution >= 4 is 39.1 Å². The Balaban J connectivity index is 1.78. The fraction of sp³-hybridized carbons (Fsp3) is 0.407. The van der Waals surface area contributed by atoms with Gasteiger partial charge in [-0.25, -0.2) is 8.42 Å². The van der Waals surface area contributed by atoms with Crippen molar-refractivity contribution in [2.45, 2.75) is 75.4 Å². The van der Waals surface area contributed by atoms with Crippen molar-refractivity contribution in [3.8, 4) is 0 Å². The second kappa shape index (κ2) is 10.7. The smallest absolute Gasteiger partial charge is 0.245 e. The quantitative estimate of drug-likeness (QED) is 0.472. The molecule has 0 radical (unpaired) electrons. The second-order valence-electron chi connectivity index (χ2n) is 10.4. The first-order valence-electron chi connectivity index (χ1n) is 11.9. The standard InChI is InChI=1S/C27H34ClN3O4S/c1-6-24(32)30-21-17-26(2,3)31(27(4,5)18-21)36(34,35)23-14-13-20(16-22(23)28)29-25(33)15-12-19-10-8-7-9-11-19/h6-11,13-14,16,21H,1,12,15,17-18H2,2-5H3,(H,29,33)(H,30,32). The predicted octanol–water partition coefficient (Wildman–Crippen LogP) is 4.92. The number of carbonyl (C=O) groups is 2. The molecule has 2 N–H and O–H groups in total. The van der Waals surface area contributed by atoms with Crippen molar-refractivity contribution in [1.82, 2.24) is 9.62 Å². The molecule has 9 heteroatoms. The number of benzene rings is 2. The Morgan fingerprint density at radius 2 is 1.69 bits per heavy atom. The maximum absolute atomic E-state index is 13.9. The maximum Gasteiger partial charge on any atom is 0.245 e. The van der Waals surface area contributed by atoms with Gasteiger partial charge in [0.1, 0.15) is 4.90 Å². The molecule has 194 valence electrons. The lowest BCUT2D eigenvalue weighted by atomic mass is 9.79. The van der Waals surface area contributed by atoms with Gasteiger partial charge in [0.25, 0.3) is 0 Å². The van der Waals surface area contributed by atoms with E-state index in [1.54, 1.807) is 6.07 Å². The molecule has 3 rings (SSSR count). The van der Waals surface area contributed by atoms with E-state index in [4.69, 9.17) is 11.6 Å². The first-order valence-corrected chi connectivity index (χ1v) is 13.7. The van der Waals surface area contributed by atoms with E-state index in [1.807, 2.05) is 58.0 Å². The van der Waals surface area contributed by atoms with Crippen LogP contribution in [0, 0.1) is 0 Å². The van der Waals surface area contributed by atoms with Gasteiger partial charge in [0.15, 0.2) is 0 Å². The van der Waals surface area contributed by atoms with E-state index in [2.05, 4.69) is 17.2 Å². The van der Waals surface area contributed by atoms with Crippen molar-refractivity contribution < 1.29 is 18.0 Å². The summed E-state index contributed by atoms with van der Waals surface area (Å²) in [6, 6.07) is 13.9. The number of hydrogen-bond acceptors (Lipinski definition) is 4. The third-order valence-electron chi connectivity index (χ3n) is 6.34. The van der Waals surface area contributed by atoms with Crippen LogP contribution in [0.15, 0.2) is 66.1 Å². The van der Waals surface area contributed by atoms with Crippen LogP contribution in [-0.4, -0.2) is 41.7 Å². The van der Waals surface area contributed by atoms with Crippen LogP contribution in [0.4, 0.5) is 5.69 Å². The summed E-state index contributed by atoms with van der Waals surface area (Å²) in [4.78, 5) is 24.2. The Hall–Kier alpha value is -2.68. The number of piperidine rings is 1. The molecule has 0 bridgehead atoms. The molecule has 2 amide bonds. The molecule has 36 heavy (non-hydrogen) atoms. The zero-order valence-corrected chi connectivity index (χ0v) is 22.7. The van der Waals surface area contributed by atoms with Gasteiger partial charge in [-0.3, -0.25) is 9.59 Å². The Kier molecular flexibility index (Phi) is 8.33. The highest BCUT2D eigenvalue weighted by Crippen LogP contribution is 2.43. The maximum atomic E-state index is 13.9. The lowest BCUT2D eigenvalue weighted by molar-refractivity contribution is -0.118. The Bertz CT molecular complexity index is 1220. The summed E-state index contributed by atoms with van der Waals surface area (Å²) in [5.74, 6) is -0.469. The van der Waals surface area contributed by atoms with E-state index in [0.29, 0.717) is 31.4 Å². The van der Waals surface area contributed by atoms with Crippen LogP contribution < -0.4 is 10.6 Å². The van der Waals surface area contributed by atoms with E-state index in [0.717, 1.165) is 5.56 Å². The number of amides is 2. The molecular weight excluding hydrogens is 498 g/mol. The molecule has 2 aromatic rings. The highest BCUT2D eigenvalue weighted by Gasteiger charge is 2.52. The summed E-state index contributed by atoms with van der Waals surface area (Å²) in [6.07, 6.45) is 2.97. The van der Waals surface area contributed by atoms with Crippen LogP contribution in [0.5, 0.6) is 0 Å². The lowest BCUT2D eigenvalue weighted by Crippen LogP contribution is -2.65. The van der Waals surface area contributed by atoms with E-state index < -0.39 is 21.1 Å². The SMILES string of the molecule is C=CC(=O)NC1CC(C)(C)N(S(=O)(=O)c2ccc(NC(=O)CCc3ccccc3)cc2Cl)C(C)(C)C1. The molecule has 1 saturated heterocycles. The van der Waals surface area contributed by atoms with Crippen LogP contribution in [0.2, 0.25) is 5.02 Å². The summed E-state index contributed by atoms with van der Waals surface area (Å²) in [6.45, 7) is 10.9. The molecule has 1 fully saturated rings. The van der Waals surface area contributed by atoms with Crippen LogP contribution in [0.1, 0.15) is 52.5 Å². The number of nitrogens with zero attached hydrogens (tertiary/aromatic N) is 1. The van der Waals surface area contributed by atoms with Gasteiger partial charge < -0.3 is 10.6 Å². The zero-order valence-electron chi connectivity index (χ0n) is 21.2. The van der Waals surface area contributed by atoms with Crippen LogP contribution in [-0.2, 0) is 26.0 Å². The van der Waals surface area contributed by atoms with Crippen molar-refractivity contribution in [2.75, 3.05) is 5.32 Å². The van der Waals surface area contributed by atoms with Crippen molar-refractivity contribution in [3.63, 3.8) is 0 Å². The van der Waals surface area contributed by atoms with Crippen LogP contribution in [0.3, 0.4) is 0 Å². The number of hydrogen-bond donors (Lipinski definition) is 2. The topological polar surface area (TPSA) is 95.6 Å². The minimum Gasteiger partial charge on any atom is -0.350 e. The molecule has 7 nitrogen and oxygen atoms in total. The zero-order chi connectivity index (χ0) is 26.7. The largest absolute Gasteiger partial charge is 0.350 e. The molecular formula is C27H34ClN3O4S. The number of aryl methyl sites for hydroxylation is 1. The summed E-state index contributed by atoms with van der Waals surface area (Å²) in [5.41, 5.74) is -0.104. The third kappa shape index (κ3) is 6.35. The van der Waals surface area contributed by atoms with E-state index in [9.17, 15) is 18.0 Å². The molecule has 1 aliphatic heterocycles. The van der Waals surface area contributed by atoms with Gasteiger partial charge in [0.2, 0.25) is 21.8 Å². The number of halogens is 1. The summed E-state index contributed by atoms with van der Waals surface area (Å²) >= 11 is 6.47. The van der Waals surface area contributed by atoms with Gasteiger partial charge >= 0.3 is 0 Å². The van der Waals surface area contributed by atoms with Gasteiger partial charge in [-0.1, -0.05) is 48.5 Å². The average molecular weight is 532 g/mol. The monoisotopic (exact) mass is 531 g/mol. The lowest BCUT2D eigenvalue weighted by Gasteiger charge is -2.53. The first kappa shape index (κ1) is 27.9. The highest BCUT2D eigenvalue weighted by atomic mass is 35.5. The van der Waals surface area contributed by atoms with Crippen molar-refractivity contribution in [1.29, 1.82) is 0 Å². The summed E-state index contributed by atoms with van der Waals surface area (Å²) in [7, 11) is -4.00. The normalized spacial score (nSPS) is 17.8. The molecule has 0 saturated carbocycles. The Labute approximate surface area is 219 Å². The van der Waals surface area contributed by atoms with E-state index in [-0.39, 0.29) is 27.8 Å². The number of nitrogens with one attached hydrogen (secondary N) is 2. The summed E-state index contributed by atoms with van der Waals surface area (Å²) < 4.78 is 29.2. The highest BCUT2D eigenvalue weighted by molar-refractivity contribution is 7.89. The second-order valence-corrected chi connectivity index (χ2v) is 12.6. The average Bonchev–Trinajstić information content (AvgIpc) is 2.76. The first-order chi connectivity index (χ1) is 16.8. The van der Waals surface area contributed by atoms with E-state index >= 15 is 0 Å². The Morgan fingerprint density at radius 3 is 2.25 bits per heavy atom. The van der Waals surface area contributed by atoms with Gasteiger partial charge in [-0.2, -0.15) is 4.31 Å². The molecule has 1 aliphatic rings. The van der Waals surface area contributed by atoms with Gasteiger partial charge in [0, 0.05) is 29.2 Å². The molecule has 0 unspecified atom stereocenters. The van der Waals surface area contributed by atoms with Crippen LogP contribution in [0.25, 0.3) is 0 Å². The molecule has 0 aliphatic carbocycles. The van der Waals surface area contributed by atoms with Gasteiger partial charge in [0.05, 0.1) is 5.02 Å². The van der Waals surface area contributed by atoms with Crippen molar-refractivity contribution in [2.24, 2.45) is 0 Å². The number of sulfonamides is 1. The number of rotatable bonds is 8. The molecule has 0 spiro atoms. The summed E-state index contributed by atoms with van der Waals surface area (Å²) in [5, 5.41) is 5.73. The van der Waals surface area contributed by atoms with Gasteiger partial charge in [-0.05, 0) is 76.8 Å². The fourth-order valence-electron chi connectivity index (χ4n) is 5.29. The predicted molar refractivity (Wildman–Crippen MR) is 143 cm³/mol. The van der Waals surface area contributed by atoms with Crippen LogP contribution >= 0.6 is 11.6 Å². The van der Waals surface area contributed by atoms with Gasteiger partial charge in [-0.15, -0.1) is 0 Å². The minimum absolute atomic E-state index is 0.0267. The molecule has 0 atom stereocenters. The number of anilines is 1. The molecule has 0 aromatic heterocycles. The number of carbonyl (C=O) groups excluding carboxylic acids is 2. The van der Waals surface area contributed by atoms with E-state index in [1.165, 1.54) is 22.5 Å². The minimum atomic E-state index is -4.00. The fourth-order valence-corrected chi connectivity index (χ4v) is 7.95.